The highest BCUT2D eigenvalue weighted by atomic mass is 16.5. The summed E-state index contributed by atoms with van der Waals surface area (Å²) in [6.07, 6.45) is 3.36. The van der Waals surface area contributed by atoms with Gasteiger partial charge in [-0.1, -0.05) is 13.3 Å². The number of hydrogen-bond donors (Lipinski definition) is 3. The SMILES string of the molecule is CCCCNC(=NCCCN1CCOCC1)NN. The third-order valence-corrected chi connectivity index (χ3v) is 2.97. The van der Waals surface area contributed by atoms with Gasteiger partial charge in [0, 0.05) is 32.7 Å². The Morgan fingerprint density at radius 1 is 1.33 bits per heavy atom. The van der Waals surface area contributed by atoms with E-state index in [4.69, 9.17) is 10.6 Å². The van der Waals surface area contributed by atoms with Crippen LogP contribution >= 0.6 is 0 Å². The fraction of sp³-hybridized carbons (Fsp3) is 0.917. The number of guanidine groups is 1. The van der Waals surface area contributed by atoms with Gasteiger partial charge in [0.15, 0.2) is 0 Å². The Balaban J connectivity index is 2.08. The van der Waals surface area contributed by atoms with Crippen LogP contribution in [-0.4, -0.2) is 56.8 Å². The van der Waals surface area contributed by atoms with E-state index < -0.39 is 0 Å². The monoisotopic (exact) mass is 257 g/mol. The summed E-state index contributed by atoms with van der Waals surface area (Å²) in [7, 11) is 0. The van der Waals surface area contributed by atoms with E-state index in [1.54, 1.807) is 0 Å². The Labute approximate surface area is 110 Å². The van der Waals surface area contributed by atoms with Gasteiger partial charge in [0.1, 0.15) is 0 Å². The summed E-state index contributed by atoms with van der Waals surface area (Å²) in [6.45, 7) is 8.77. The molecule has 0 unspecified atom stereocenters. The van der Waals surface area contributed by atoms with Crippen LogP contribution in [0.15, 0.2) is 4.99 Å². The van der Waals surface area contributed by atoms with Gasteiger partial charge in [-0.3, -0.25) is 15.3 Å². The largest absolute Gasteiger partial charge is 0.379 e. The lowest BCUT2D eigenvalue weighted by molar-refractivity contribution is 0.0377. The van der Waals surface area contributed by atoms with Crippen molar-refractivity contribution in [1.82, 2.24) is 15.6 Å². The summed E-state index contributed by atoms with van der Waals surface area (Å²) in [5.41, 5.74) is 2.60. The summed E-state index contributed by atoms with van der Waals surface area (Å²) >= 11 is 0. The first-order valence-corrected chi connectivity index (χ1v) is 6.92. The maximum absolute atomic E-state index is 5.41. The van der Waals surface area contributed by atoms with Crippen molar-refractivity contribution in [3.8, 4) is 0 Å². The maximum Gasteiger partial charge on any atom is 0.205 e. The fourth-order valence-electron chi connectivity index (χ4n) is 1.85. The van der Waals surface area contributed by atoms with E-state index in [1.807, 2.05) is 0 Å². The van der Waals surface area contributed by atoms with Crippen LogP contribution in [0.1, 0.15) is 26.2 Å². The van der Waals surface area contributed by atoms with E-state index in [2.05, 4.69) is 27.6 Å². The van der Waals surface area contributed by atoms with Gasteiger partial charge in [-0.2, -0.15) is 0 Å². The minimum atomic E-state index is 0.699. The molecule has 1 rings (SSSR count). The molecule has 0 atom stereocenters. The predicted octanol–water partition coefficient (Wildman–Crippen LogP) is -0.0823. The molecular formula is C12H27N5O. The molecule has 106 valence electrons. The molecule has 1 aliphatic rings. The molecule has 0 aromatic heterocycles. The molecule has 0 radical (unpaired) electrons. The Bertz CT molecular complexity index is 229. The standard InChI is InChI=1S/C12H27N5O/c1-2-3-5-14-12(16-13)15-6-4-7-17-8-10-18-11-9-17/h2-11,13H2,1H3,(H2,14,15,16). The molecule has 18 heavy (non-hydrogen) atoms. The van der Waals surface area contributed by atoms with Crippen LogP contribution in [-0.2, 0) is 4.74 Å². The van der Waals surface area contributed by atoms with Gasteiger partial charge in [-0.25, -0.2) is 5.84 Å². The molecule has 1 fully saturated rings. The van der Waals surface area contributed by atoms with Gasteiger partial charge in [0.25, 0.3) is 0 Å². The van der Waals surface area contributed by atoms with Crippen LogP contribution in [0.5, 0.6) is 0 Å². The first-order valence-electron chi connectivity index (χ1n) is 6.92. The molecule has 1 heterocycles. The molecule has 6 heteroatoms. The quantitative estimate of drug-likeness (QED) is 0.195. The number of nitrogens with two attached hydrogens (primary N) is 1. The Morgan fingerprint density at radius 3 is 2.78 bits per heavy atom. The first-order chi connectivity index (χ1) is 8.86. The summed E-state index contributed by atoms with van der Waals surface area (Å²) in [4.78, 5) is 6.83. The molecule has 0 saturated carbocycles. The van der Waals surface area contributed by atoms with Crippen LogP contribution < -0.4 is 16.6 Å². The second-order valence-electron chi connectivity index (χ2n) is 4.46. The van der Waals surface area contributed by atoms with Gasteiger partial charge in [-0.15, -0.1) is 0 Å². The van der Waals surface area contributed by atoms with E-state index in [0.717, 1.165) is 58.8 Å². The third-order valence-electron chi connectivity index (χ3n) is 2.97. The third kappa shape index (κ3) is 6.78. The number of rotatable bonds is 7. The van der Waals surface area contributed by atoms with Crippen molar-refractivity contribution in [2.24, 2.45) is 10.8 Å². The molecular weight excluding hydrogens is 230 g/mol. The van der Waals surface area contributed by atoms with Crippen molar-refractivity contribution in [3.63, 3.8) is 0 Å². The van der Waals surface area contributed by atoms with Crippen LogP contribution in [0.25, 0.3) is 0 Å². The van der Waals surface area contributed by atoms with Crippen molar-refractivity contribution >= 4 is 5.96 Å². The number of aliphatic imine (C=N–C) groups is 1. The van der Waals surface area contributed by atoms with Crippen molar-refractivity contribution in [2.45, 2.75) is 26.2 Å². The van der Waals surface area contributed by atoms with Gasteiger partial charge in [0.2, 0.25) is 5.96 Å². The second-order valence-corrected chi connectivity index (χ2v) is 4.46. The molecule has 0 aliphatic carbocycles. The number of ether oxygens (including phenoxy) is 1. The molecule has 6 nitrogen and oxygen atoms in total. The molecule has 0 aromatic carbocycles. The molecule has 0 bridgehead atoms. The van der Waals surface area contributed by atoms with Crippen molar-refractivity contribution in [2.75, 3.05) is 45.9 Å². The normalized spacial score (nSPS) is 17.8. The van der Waals surface area contributed by atoms with E-state index in [1.165, 1.54) is 6.42 Å². The fourth-order valence-corrected chi connectivity index (χ4v) is 1.85. The average molecular weight is 257 g/mol. The summed E-state index contributed by atoms with van der Waals surface area (Å²) in [6, 6.07) is 0. The summed E-state index contributed by atoms with van der Waals surface area (Å²) in [5.74, 6) is 6.11. The molecule has 0 spiro atoms. The zero-order valence-corrected chi connectivity index (χ0v) is 11.5. The molecule has 1 aliphatic heterocycles. The zero-order chi connectivity index (χ0) is 13.1. The van der Waals surface area contributed by atoms with E-state index >= 15 is 0 Å². The Hall–Kier alpha value is -0.850. The predicted molar refractivity (Wildman–Crippen MR) is 74.4 cm³/mol. The van der Waals surface area contributed by atoms with Crippen LogP contribution in [0.3, 0.4) is 0 Å². The van der Waals surface area contributed by atoms with Crippen LogP contribution in [0.2, 0.25) is 0 Å². The summed E-state index contributed by atoms with van der Waals surface area (Å²) < 4.78 is 5.31. The van der Waals surface area contributed by atoms with E-state index in [-0.39, 0.29) is 0 Å². The summed E-state index contributed by atoms with van der Waals surface area (Å²) in [5, 5.41) is 3.19. The zero-order valence-electron chi connectivity index (χ0n) is 11.5. The molecule has 1 saturated heterocycles. The lowest BCUT2D eigenvalue weighted by Gasteiger charge is -2.26. The lowest BCUT2D eigenvalue weighted by Crippen LogP contribution is -2.42. The number of hydrazine groups is 1. The molecule has 0 aromatic rings. The second kappa shape index (κ2) is 10.1. The number of nitrogens with one attached hydrogen (secondary N) is 2. The van der Waals surface area contributed by atoms with Crippen LogP contribution in [0, 0.1) is 0 Å². The lowest BCUT2D eigenvalue weighted by atomic mass is 10.3. The van der Waals surface area contributed by atoms with E-state index in [0.29, 0.717) is 5.96 Å². The Morgan fingerprint density at radius 2 is 2.11 bits per heavy atom. The molecule has 4 N–H and O–H groups in total. The van der Waals surface area contributed by atoms with Crippen molar-refractivity contribution in [1.29, 1.82) is 0 Å². The minimum Gasteiger partial charge on any atom is -0.379 e. The number of nitrogens with zero attached hydrogens (tertiary/aromatic N) is 2. The van der Waals surface area contributed by atoms with Crippen LogP contribution in [0.4, 0.5) is 0 Å². The number of hydrogen-bond acceptors (Lipinski definition) is 4. The smallest absolute Gasteiger partial charge is 0.205 e. The Kier molecular flexibility index (Phi) is 8.54. The first kappa shape index (κ1) is 15.2. The van der Waals surface area contributed by atoms with Gasteiger partial charge in [-0.05, 0) is 12.8 Å². The minimum absolute atomic E-state index is 0.699. The van der Waals surface area contributed by atoms with Crippen molar-refractivity contribution < 1.29 is 4.74 Å². The highest BCUT2D eigenvalue weighted by Crippen LogP contribution is 1.97. The maximum atomic E-state index is 5.41. The topological polar surface area (TPSA) is 74.9 Å². The number of morpholine rings is 1. The van der Waals surface area contributed by atoms with Gasteiger partial charge in [0.05, 0.1) is 13.2 Å². The number of unbranched alkanes of at least 4 members (excludes halogenated alkanes) is 1. The van der Waals surface area contributed by atoms with E-state index in [9.17, 15) is 0 Å². The van der Waals surface area contributed by atoms with Crippen molar-refractivity contribution in [3.05, 3.63) is 0 Å². The highest BCUT2D eigenvalue weighted by Gasteiger charge is 2.08. The average Bonchev–Trinajstić information content (AvgIpc) is 2.43. The molecule has 0 amide bonds. The van der Waals surface area contributed by atoms with Gasteiger partial charge < -0.3 is 10.1 Å². The highest BCUT2D eigenvalue weighted by molar-refractivity contribution is 5.79. The van der Waals surface area contributed by atoms with Gasteiger partial charge >= 0.3 is 0 Å².